The van der Waals surface area contributed by atoms with E-state index in [-0.39, 0.29) is 11.9 Å². The van der Waals surface area contributed by atoms with Gasteiger partial charge in [-0.15, -0.1) is 0 Å². The number of guanidine groups is 1. The minimum atomic E-state index is -0.516. The van der Waals surface area contributed by atoms with Gasteiger partial charge in [0.05, 0.1) is 0 Å². The van der Waals surface area contributed by atoms with Gasteiger partial charge in [0.1, 0.15) is 0 Å². The summed E-state index contributed by atoms with van der Waals surface area (Å²) in [5.41, 5.74) is 3.71. The van der Waals surface area contributed by atoms with Crippen molar-refractivity contribution in [3.05, 3.63) is 71.3 Å². The minimum absolute atomic E-state index is 0.275. The molecule has 1 N–H and O–H groups in total. The lowest BCUT2D eigenvalue weighted by Crippen LogP contribution is -2.64. The van der Waals surface area contributed by atoms with Gasteiger partial charge in [-0.25, -0.2) is 9.79 Å². The smallest absolute Gasteiger partial charge is 0.325 e. The number of carbonyl (C=O) groups is 2. The van der Waals surface area contributed by atoms with E-state index in [0.717, 1.165) is 57.1 Å². The number of nitrogens with zero attached hydrogens (tertiary/aromatic N) is 5. The Bertz CT molecular complexity index is 1080. The summed E-state index contributed by atoms with van der Waals surface area (Å²) in [4.78, 5) is 38.5. The van der Waals surface area contributed by atoms with E-state index in [1.54, 1.807) is 11.9 Å². The van der Waals surface area contributed by atoms with Crippen molar-refractivity contribution < 1.29 is 9.59 Å². The quantitative estimate of drug-likeness (QED) is 0.696. The number of rotatable bonds is 6. The maximum atomic E-state index is 12.9. The maximum absolute atomic E-state index is 12.9. The maximum Gasteiger partial charge on any atom is 0.325 e. The van der Waals surface area contributed by atoms with E-state index in [1.807, 2.05) is 0 Å². The molecule has 0 aromatic heterocycles. The number of carbonyl (C=O) groups excluding carboxylic acids is 2. The summed E-state index contributed by atoms with van der Waals surface area (Å²) >= 11 is 0. The Morgan fingerprint density at radius 3 is 2.37 bits per heavy atom. The molecule has 3 aliphatic rings. The Balaban J connectivity index is 1.26. The van der Waals surface area contributed by atoms with Crippen molar-refractivity contribution in [3.8, 4) is 0 Å². The molecule has 0 aliphatic carbocycles. The third kappa shape index (κ3) is 5.03. The molecule has 8 heteroatoms. The van der Waals surface area contributed by atoms with E-state index in [4.69, 9.17) is 4.99 Å². The van der Waals surface area contributed by atoms with Crippen molar-refractivity contribution in [1.29, 1.82) is 0 Å². The van der Waals surface area contributed by atoms with Crippen LogP contribution in [0.3, 0.4) is 0 Å². The largest absolute Gasteiger partial charge is 0.340 e. The molecule has 3 aliphatic heterocycles. The van der Waals surface area contributed by atoms with Crippen LogP contribution in [0.25, 0.3) is 0 Å². The average molecular weight is 475 g/mol. The third-order valence-electron chi connectivity index (χ3n) is 7.25. The number of urea groups is 1. The molecule has 0 spiro atoms. The highest BCUT2D eigenvalue weighted by Gasteiger charge is 2.49. The van der Waals surface area contributed by atoms with E-state index in [0.29, 0.717) is 6.54 Å². The van der Waals surface area contributed by atoms with E-state index in [2.05, 4.69) is 81.5 Å². The number of amides is 3. The molecule has 35 heavy (non-hydrogen) atoms. The predicted octanol–water partition coefficient (Wildman–Crippen LogP) is 2.29. The van der Waals surface area contributed by atoms with Crippen molar-refractivity contribution in [1.82, 2.24) is 24.9 Å². The van der Waals surface area contributed by atoms with Crippen LogP contribution in [0.15, 0.2) is 59.6 Å². The summed E-state index contributed by atoms with van der Waals surface area (Å²) in [6.45, 7) is 7.35. The first-order valence-electron chi connectivity index (χ1n) is 12.5. The summed E-state index contributed by atoms with van der Waals surface area (Å²) < 4.78 is 0. The van der Waals surface area contributed by atoms with Crippen LogP contribution in [0.4, 0.5) is 4.79 Å². The van der Waals surface area contributed by atoms with Gasteiger partial charge in [0, 0.05) is 39.8 Å². The first kappa shape index (κ1) is 23.4. The van der Waals surface area contributed by atoms with Crippen LogP contribution in [0.5, 0.6) is 0 Å². The Kier molecular flexibility index (Phi) is 6.72. The number of fused-ring (bicyclic) bond motifs is 1. The van der Waals surface area contributed by atoms with Gasteiger partial charge in [-0.05, 0) is 37.4 Å². The Hall–Kier alpha value is -3.39. The normalized spacial score (nSPS) is 22.8. The molecule has 2 unspecified atom stereocenters. The summed E-state index contributed by atoms with van der Waals surface area (Å²) in [6, 6.07) is 18.1. The molecule has 2 saturated heterocycles. The Morgan fingerprint density at radius 1 is 0.943 bits per heavy atom. The predicted molar refractivity (Wildman–Crippen MR) is 136 cm³/mol. The summed E-state index contributed by atoms with van der Waals surface area (Å²) in [5, 5.41) is 2.50. The number of imide groups is 1. The lowest BCUT2D eigenvalue weighted by atomic mass is 10.1. The van der Waals surface area contributed by atoms with Gasteiger partial charge in [0.15, 0.2) is 18.2 Å². The number of aryl methyl sites for hydroxylation is 2. The van der Waals surface area contributed by atoms with E-state index < -0.39 is 12.2 Å². The fourth-order valence-electron chi connectivity index (χ4n) is 5.16. The number of piperazine rings is 1. The highest BCUT2D eigenvalue weighted by Crippen LogP contribution is 2.28. The fourth-order valence-corrected chi connectivity index (χ4v) is 5.16. The minimum Gasteiger partial charge on any atom is -0.340 e. The molecular weight excluding hydrogens is 440 g/mol. The second-order valence-electron chi connectivity index (χ2n) is 9.72. The highest BCUT2D eigenvalue weighted by atomic mass is 16.2. The van der Waals surface area contributed by atoms with Crippen LogP contribution in [0, 0.1) is 6.92 Å². The molecule has 3 amide bonds. The molecule has 0 radical (unpaired) electrons. The molecule has 8 nitrogen and oxygen atoms in total. The van der Waals surface area contributed by atoms with Crippen molar-refractivity contribution in [2.24, 2.45) is 4.99 Å². The molecular formula is C27H34N6O2. The molecule has 2 atom stereocenters. The van der Waals surface area contributed by atoms with Crippen LogP contribution in [-0.2, 0) is 17.8 Å². The molecule has 0 bridgehead atoms. The zero-order chi connectivity index (χ0) is 24.4. The van der Waals surface area contributed by atoms with E-state index >= 15 is 0 Å². The van der Waals surface area contributed by atoms with Crippen LogP contribution >= 0.6 is 0 Å². The zero-order valence-corrected chi connectivity index (χ0v) is 20.6. The highest BCUT2D eigenvalue weighted by molar-refractivity contribution is 6.03. The molecule has 2 fully saturated rings. The number of likely N-dealkylation sites (N-methyl/N-ethyl adjacent to an activating group) is 1. The van der Waals surface area contributed by atoms with Gasteiger partial charge in [-0.2, -0.15) is 0 Å². The average Bonchev–Trinajstić information content (AvgIpc) is 3.25. The van der Waals surface area contributed by atoms with E-state index in [1.165, 1.54) is 11.1 Å². The second kappa shape index (κ2) is 10.1. The van der Waals surface area contributed by atoms with Crippen molar-refractivity contribution in [3.63, 3.8) is 0 Å². The van der Waals surface area contributed by atoms with Crippen LogP contribution in [0.1, 0.15) is 23.1 Å². The fraction of sp³-hybridized carbons (Fsp3) is 0.444. The summed E-state index contributed by atoms with van der Waals surface area (Å²) in [5.74, 6) is 0.546. The van der Waals surface area contributed by atoms with Gasteiger partial charge < -0.3 is 14.7 Å². The molecule has 0 saturated carbocycles. The Labute approximate surface area is 207 Å². The van der Waals surface area contributed by atoms with Crippen molar-refractivity contribution in [2.75, 3.05) is 39.8 Å². The van der Waals surface area contributed by atoms with Gasteiger partial charge in [0.2, 0.25) is 0 Å². The number of benzene rings is 2. The number of hydrogen-bond acceptors (Lipinski definition) is 6. The molecule has 3 heterocycles. The monoisotopic (exact) mass is 474 g/mol. The standard InChI is InChI=1S/C27H34N6O2/c1-20-10-12-22(13-11-20)19-33-23-24(30(2)27(35)29-25(23)34)28-26(33)32-17-15-31(16-18-32)14-6-9-21-7-4-3-5-8-21/h3-5,7-8,10-13,23-24H,6,9,14-19H2,1-2H3,(H,29,34,35). The van der Waals surface area contributed by atoms with Gasteiger partial charge >= 0.3 is 6.03 Å². The van der Waals surface area contributed by atoms with Crippen LogP contribution in [0.2, 0.25) is 0 Å². The lowest BCUT2D eigenvalue weighted by Gasteiger charge is -2.40. The SMILES string of the molecule is Cc1ccc(CN2C(N3CCN(CCCc4ccccc4)CC3)=NC3C2C(=O)NC(=O)N3C)cc1. The third-order valence-corrected chi connectivity index (χ3v) is 7.25. The summed E-state index contributed by atoms with van der Waals surface area (Å²) in [7, 11) is 1.71. The molecule has 184 valence electrons. The van der Waals surface area contributed by atoms with Crippen LogP contribution < -0.4 is 5.32 Å². The van der Waals surface area contributed by atoms with E-state index in [9.17, 15) is 9.59 Å². The molecule has 5 rings (SSSR count). The van der Waals surface area contributed by atoms with Crippen LogP contribution in [-0.4, -0.2) is 89.5 Å². The molecule has 2 aromatic rings. The first-order valence-corrected chi connectivity index (χ1v) is 12.5. The van der Waals surface area contributed by atoms with Gasteiger partial charge in [0.25, 0.3) is 5.91 Å². The van der Waals surface area contributed by atoms with Gasteiger partial charge in [-0.1, -0.05) is 60.2 Å². The number of hydrogen-bond donors (Lipinski definition) is 1. The lowest BCUT2D eigenvalue weighted by molar-refractivity contribution is -0.127. The summed E-state index contributed by atoms with van der Waals surface area (Å²) in [6.07, 6.45) is 1.74. The van der Waals surface area contributed by atoms with Crippen molar-refractivity contribution >= 4 is 17.9 Å². The number of nitrogens with one attached hydrogen (secondary N) is 1. The Morgan fingerprint density at radius 2 is 1.66 bits per heavy atom. The topological polar surface area (TPSA) is 71.5 Å². The number of aliphatic imine (C=N–C) groups is 1. The second-order valence-corrected chi connectivity index (χ2v) is 9.72. The first-order chi connectivity index (χ1) is 17.0. The zero-order valence-electron chi connectivity index (χ0n) is 20.6. The van der Waals surface area contributed by atoms with Gasteiger partial charge in [-0.3, -0.25) is 15.0 Å². The molecule has 2 aromatic carbocycles. The van der Waals surface area contributed by atoms with Crippen molar-refractivity contribution in [2.45, 2.75) is 38.5 Å².